The number of carbonyl (C=O) groups excluding carboxylic acids is 2. The number of hydrogen-bond donors (Lipinski definition) is 1. The fourth-order valence-corrected chi connectivity index (χ4v) is 2.38. The smallest absolute Gasteiger partial charge is 0.409 e. The van der Waals surface area contributed by atoms with Crippen molar-refractivity contribution in [2.45, 2.75) is 0 Å². The molecule has 0 bridgehead atoms. The van der Waals surface area contributed by atoms with Crippen LogP contribution in [0.25, 0.3) is 0 Å². The maximum atomic E-state index is 12.2. The third-order valence-electron chi connectivity index (χ3n) is 3.74. The lowest BCUT2D eigenvalue weighted by Gasteiger charge is -2.33. The first-order valence-corrected chi connectivity index (χ1v) is 7.69. The van der Waals surface area contributed by atoms with Crippen LogP contribution in [-0.4, -0.2) is 60.0 Å². The summed E-state index contributed by atoms with van der Waals surface area (Å²) in [5, 5.41) is 22.5. The van der Waals surface area contributed by atoms with E-state index in [2.05, 4.69) is 10.1 Å². The van der Waals surface area contributed by atoms with E-state index in [0.29, 0.717) is 26.2 Å². The molecule has 0 aromatic heterocycles. The second-order valence-corrected chi connectivity index (χ2v) is 5.41. The molecule has 10 heteroatoms. The van der Waals surface area contributed by atoms with E-state index in [4.69, 9.17) is 0 Å². The van der Waals surface area contributed by atoms with Crippen LogP contribution >= 0.6 is 0 Å². The molecule has 1 saturated heterocycles. The van der Waals surface area contributed by atoms with Gasteiger partial charge < -0.3 is 19.9 Å². The van der Waals surface area contributed by atoms with Crippen molar-refractivity contribution in [3.8, 4) is 6.07 Å². The molecule has 1 aliphatic heterocycles. The van der Waals surface area contributed by atoms with E-state index < -0.39 is 16.9 Å². The van der Waals surface area contributed by atoms with Gasteiger partial charge >= 0.3 is 6.09 Å². The van der Waals surface area contributed by atoms with E-state index in [1.54, 1.807) is 4.90 Å². The number of nitrogens with one attached hydrogen (secondary N) is 1. The van der Waals surface area contributed by atoms with E-state index in [-0.39, 0.29) is 16.9 Å². The number of rotatable bonds is 4. The van der Waals surface area contributed by atoms with Gasteiger partial charge in [0.05, 0.1) is 12.0 Å². The molecule has 1 N–H and O–H groups in total. The van der Waals surface area contributed by atoms with Crippen molar-refractivity contribution in [1.82, 2.24) is 9.80 Å². The maximum Gasteiger partial charge on any atom is 0.409 e. The van der Waals surface area contributed by atoms with Gasteiger partial charge in [-0.3, -0.25) is 14.9 Å². The molecule has 10 nitrogen and oxygen atoms in total. The van der Waals surface area contributed by atoms with Gasteiger partial charge in [-0.15, -0.1) is 0 Å². The maximum absolute atomic E-state index is 12.2. The Morgan fingerprint density at radius 1 is 1.35 bits per heavy atom. The van der Waals surface area contributed by atoms with Gasteiger partial charge in [0.15, 0.2) is 0 Å². The fourth-order valence-electron chi connectivity index (χ4n) is 2.38. The number of nitro groups is 1. The fraction of sp³-hybridized carbons (Fsp3) is 0.312. The molecule has 0 aliphatic carbocycles. The lowest BCUT2D eigenvalue weighted by molar-refractivity contribution is -0.384. The first kappa shape index (κ1) is 18.7. The largest absolute Gasteiger partial charge is 0.453 e. The van der Waals surface area contributed by atoms with Gasteiger partial charge in [-0.2, -0.15) is 5.26 Å². The van der Waals surface area contributed by atoms with Crippen LogP contribution in [0, 0.1) is 21.4 Å². The van der Waals surface area contributed by atoms with E-state index in [1.165, 1.54) is 42.5 Å². The van der Waals surface area contributed by atoms with Crippen LogP contribution in [0.4, 0.5) is 16.2 Å². The molecule has 0 atom stereocenters. The minimum Gasteiger partial charge on any atom is -0.453 e. The molecule has 1 aromatic carbocycles. The highest BCUT2D eigenvalue weighted by Gasteiger charge is 2.21. The Hall–Kier alpha value is -3.61. The quantitative estimate of drug-likeness (QED) is 0.371. The first-order chi connectivity index (χ1) is 12.4. The summed E-state index contributed by atoms with van der Waals surface area (Å²) in [4.78, 5) is 37.2. The Morgan fingerprint density at radius 3 is 2.62 bits per heavy atom. The lowest BCUT2D eigenvalue weighted by Crippen LogP contribution is -2.47. The van der Waals surface area contributed by atoms with E-state index >= 15 is 0 Å². The molecule has 0 saturated carbocycles. The number of benzene rings is 1. The highest BCUT2D eigenvalue weighted by molar-refractivity contribution is 6.06. The van der Waals surface area contributed by atoms with Crippen LogP contribution in [0.1, 0.15) is 0 Å². The zero-order valence-electron chi connectivity index (χ0n) is 14.0. The summed E-state index contributed by atoms with van der Waals surface area (Å²) in [7, 11) is 1.31. The zero-order valence-corrected chi connectivity index (χ0v) is 14.0. The minimum atomic E-state index is -0.664. The van der Waals surface area contributed by atoms with Crippen molar-refractivity contribution in [2.24, 2.45) is 0 Å². The van der Waals surface area contributed by atoms with E-state index in [1.807, 2.05) is 6.07 Å². The number of anilines is 1. The Labute approximate surface area is 149 Å². The predicted octanol–water partition coefficient (Wildman–Crippen LogP) is 1.32. The van der Waals surface area contributed by atoms with Crippen molar-refractivity contribution >= 4 is 23.4 Å². The molecule has 2 amide bonds. The van der Waals surface area contributed by atoms with E-state index in [0.717, 1.165) is 0 Å². The van der Waals surface area contributed by atoms with Crippen molar-refractivity contribution in [3.63, 3.8) is 0 Å². The SMILES string of the molecule is COC(=O)N1CCN(/C=C(/C#N)C(=O)Nc2cccc([N+](=O)[O-])c2)CC1. The van der Waals surface area contributed by atoms with Gasteiger partial charge in [-0.25, -0.2) is 4.79 Å². The topological polar surface area (TPSA) is 129 Å². The predicted molar refractivity (Wildman–Crippen MR) is 91.0 cm³/mol. The van der Waals surface area contributed by atoms with Crippen LogP contribution in [0.15, 0.2) is 36.0 Å². The number of nitro benzene ring substituents is 1. The number of ether oxygens (including phenoxy) is 1. The molecule has 0 unspecified atom stereocenters. The second-order valence-electron chi connectivity index (χ2n) is 5.41. The number of nitrogens with zero attached hydrogens (tertiary/aromatic N) is 4. The molecule has 1 aromatic rings. The van der Waals surface area contributed by atoms with Gasteiger partial charge in [-0.1, -0.05) is 6.07 Å². The zero-order chi connectivity index (χ0) is 19.1. The van der Waals surface area contributed by atoms with Crippen LogP contribution in [0.3, 0.4) is 0 Å². The summed E-state index contributed by atoms with van der Waals surface area (Å²) < 4.78 is 4.65. The van der Waals surface area contributed by atoms with Crippen molar-refractivity contribution in [2.75, 3.05) is 38.6 Å². The molecule has 26 heavy (non-hydrogen) atoms. The Balaban J connectivity index is 2.02. The summed E-state index contributed by atoms with van der Waals surface area (Å²) in [5.74, 6) is -0.664. The Bertz CT molecular complexity index is 777. The monoisotopic (exact) mass is 359 g/mol. The van der Waals surface area contributed by atoms with Gasteiger partial charge in [0.1, 0.15) is 11.6 Å². The van der Waals surface area contributed by atoms with Crippen molar-refractivity contribution in [1.29, 1.82) is 5.26 Å². The van der Waals surface area contributed by atoms with Gasteiger partial charge in [0, 0.05) is 50.2 Å². The summed E-state index contributed by atoms with van der Waals surface area (Å²) in [6.07, 6.45) is 0.999. The minimum absolute atomic E-state index is 0.136. The summed E-state index contributed by atoms with van der Waals surface area (Å²) in [5.41, 5.74) is -0.0758. The number of hydrogen-bond acceptors (Lipinski definition) is 7. The molecule has 1 fully saturated rings. The van der Waals surface area contributed by atoms with Crippen LogP contribution in [0.5, 0.6) is 0 Å². The molecule has 2 rings (SSSR count). The van der Waals surface area contributed by atoms with Gasteiger partial charge in [0.25, 0.3) is 11.6 Å². The third-order valence-corrected chi connectivity index (χ3v) is 3.74. The standard InChI is InChI=1S/C16H17N5O5/c1-26-16(23)20-7-5-19(6-8-20)11-12(10-17)15(22)18-13-3-2-4-14(9-13)21(24)25/h2-4,9,11H,5-8H2,1H3,(H,18,22)/b12-11-. The molecular weight excluding hydrogens is 342 g/mol. The number of non-ortho nitro benzene ring substituents is 1. The summed E-state index contributed by atoms with van der Waals surface area (Å²) >= 11 is 0. The summed E-state index contributed by atoms with van der Waals surface area (Å²) in [6.45, 7) is 1.72. The molecule has 0 spiro atoms. The number of carbonyl (C=O) groups is 2. The number of piperazine rings is 1. The molecular formula is C16H17N5O5. The highest BCUT2D eigenvalue weighted by Crippen LogP contribution is 2.17. The average Bonchev–Trinajstić information content (AvgIpc) is 2.66. The highest BCUT2D eigenvalue weighted by atomic mass is 16.6. The van der Waals surface area contributed by atoms with Crippen LogP contribution in [0.2, 0.25) is 0 Å². The summed E-state index contributed by atoms with van der Waals surface area (Å²) in [6, 6.07) is 7.27. The molecule has 0 radical (unpaired) electrons. The lowest BCUT2D eigenvalue weighted by atomic mass is 10.2. The van der Waals surface area contributed by atoms with Gasteiger partial charge in [-0.05, 0) is 6.07 Å². The number of amides is 2. The molecule has 136 valence electrons. The molecule has 1 aliphatic rings. The number of methoxy groups -OCH3 is 1. The normalized spacial score (nSPS) is 14.4. The van der Waals surface area contributed by atoms with Crippen LogP contribution < -0.4 is 5.32 Å². The van der Waals surface area contributed by atoms with Crippen molar-refractivity contribution < 1.29 is 19.2 Å². The first-order valence-electron chi connectivity index (χ1n) is 7.69. The van der Waals surface area contributed by atoms with Gasteiger partial charge in [0.2, 0.25) is 0 Å². The second kappa shape index (κ2) is 8.48. The Morgan fingerprint density at radius 2 is 2.04 bits per heavy atom. The Kier molecular flexibility index (Phi) is 6.10. The van der Waals surface area contributed by atoms with E-state index in [9.17, 15) is 25.0 Å². The number of nitriles is 1. The third kappa shape index (κ3) is 4.70. The van der Waals surface area contributed by atoms with Crippen molar-refractivity contribution in [3.05, 3.63) is 46.2 Å². The van der Waals surface area contributed by atoms with Crippen LogP contribution in [-0.2, 0) is 9.53 Å². The molecule has 1 heterocycles. The average molecular weight is 359 g/mol.